The SMILES string of the molecule is C[N+](C)(C)c1csc2ccc(Cl)cc12. The summed E-state index contributed by atoms with van der Waals surface area (Å²) in [6.45, 7) is 0. The lowest BCUT2D eigenvalue weighted by atomic mass is 10.2. The van der Waals surface area contributed by atoms with Crippen LogP contribution in [0.4, 0.5) is 5.69 Å². The van der Waals surface area contributed by atoms with E-state index in [9.17, 15) is 0 Å². The molecule has 2 rings (SSSR count). The number of quaternary nitrogens is 1. The van der Waals surface area contributed by atoms with Crippen molar-refractivity contribution in [3.63, 3.8) is 0 Å². The lowest BCUT2D eigenvalue weighted by Gasteiger charge is -2.22. The Bertz CT molecular complexity index is 468. The number of rotatable bonds is 1. The quantitative estimate of drug-likeness (QED) is 0.650. The molecule has 14 heavy (non-hydrogen) atoms. The van der Waals surface area contributed by atoms with Gasteiger partial charge in [0.25, 0.3) is 0 Å². The third-order valence-corrected chi connectivity index (χ3v) is 3.42. The van der Waals surface area contributed by atoms with E-state index in [0.29, 0.717) is 0 Å². The Kier molecular flexibility index (Phi) is 2.30. The van der Waals surface area contributed by atoms with Gasteiger partial charge >= 0.3 is 0 Å². The van der Waals surface area contributed by atoms with E-state index in [0.717, 1.165) is 9.51 Å². The van der Waals surface area contributed by atoms with Crippen LogP contribution in [0, 0.1) is 0 Å². The molecule has 2 aromatic rings. The van der Waals surface area contributed by atoms with Gasteiger partial charge in [0.2, 0.25) is 0 Å². The van der Waals surface area contributed by atoms with Crippen molar-refractivity contribution >= 4 is 38.7 Å². The number of thiophene rings is 1. The molecule has 0 unspecified atom stereocenters. The number of benzene rings is 1. The van der Waals surface area contributed by atoms with Crippen molar-refractivity contribution < 1.29 is 0 Å². The van der Waals surface area contributed by atoms with Crippen LogP contribution in [0.3, 0.4) is 0 Å². The first-order valence-electron chi connectivity index (χ1n) is 4.47. The first-order valence-corrected chi connectivity index (χ1v) is 5.73. The van der Waals surface area contributed by atoms with Gasteiger partial charge in [0.05, 0.1) is 31.9 Å². The maximum atomic E-state index is 6.00. The minimum absolute atomic E-state index is 0.811. The van der Waals surface area contributed by atoms with Crippen LogP contribution in [0.15, 0.2) is 23.6 Å². The van der Waals surface area contributed by atoms with Crippen LogP contribution in [0.5, 0.6) is 0 Å². The second-order valence-electron chi connectivity index (χ2n) is 4.27. The van der Waals surface area contributed by atoms with E-state index >= 15 is 0 Å². The van der Waals surface area contributed by atoms with E-state index in [1.165, 1.54) is 15.8 Å². The predicted molar refractivity (Wildman–Crippen MR) is 66.4 cm³/mol. The topological polar surface area (TPSA) is 0 Å². The number of nitrogens with zero attached hydrogens (tertiary/aromatic N) is 1. The summed E-state index contributed by atoms with van der Waals surface area (Å²) in [6, 6.07) is 6.08. The highest BCUT2D eigenvalue weighted by atomic mass is 35.5. The smallest absolute Gasteiger partial charge is 0.151 e. The Hall–Kier alpha value is -0.570. The normalized spacial score (nSPS) is 12.3. The summed E-state index contributed by atoms with van der Waals surface area (Å²) in [5.74, 6) is 0. The first-order chi connectivity index (χ1) is 6.48. The van der Waals surface area contributed by atoms with Gasteiger partial charge in [-0.15, -0.1) is 11.3 Å². The molecule has 0 amide bonds. The Balaban J connectivity index is 2.73. The second-order valence-corrected chi connectivity index (χ2v) is 5.62. The molecule has 3 heteroatoms. The van der Waals surface area contributed by atoms with E-state index in [4.69, 9.17) is 11.6 Å². The zero-order valence-electron chi connectivity index (χ0n) is 8.54. The van der Waals surface area contributed by atoms with Gasteiger partial charge in [0, 0.05) is 9.72 Å². The molecule has 0 spiro atoms. The Labute approximate surface area is 93.1 Å². The molecule has 0 aliphatic carbocycles. The van der Waals surface area contributed by atoms with Gasteiger partial charge in [-0.05, 0) is 18.2 Å². The molecular formula is C11H13ClNS+. The van der Waals surface area contributed by atoms with E-state index in [1.54, 1.807) is 11.3 Å². The zero-order valence-corrected chi connectivity index (χ0v) is 10.1. The highest BCUT2D eigenvalue weighted by Crippen LogP contribution is 2.35. The molecule has 74 valence electrons. The summed E-state index contributed by atoms with van der Waals surface area (Å²) in [5, 5.41) is 4.29. The van der Waals surface area contributed by atoms with Crippen molar-refractivity contribution in [1.82, 2.24) is 4.48 Å². The molecule has 1 heterocycles. The Morgan fingerprint density at radius 2 is 1.93 bits per heavy atom. The third kappa shape index (κ3) is 1.65. The van der Waals surface area contributed by atoms with Crippen LogP contribution in [0.25, 0.3) is 10.1 Å². The van der Waals surface area contributed by atoms with Crippen molar-refractivity contribution in [3.8, 4) is 0 Å². The summed E-state index contributed by atoms with van der Waals surface area (Å²) in [6.07, 6.45) is 0. The minimum atomic E-state index is 0.811. The molecule has 1 aromatic carbocycles. The fourth-order valence-electron chi connectivity index (χ4n) is 1.51. The van der Waals surface area contributed by atoms with Crippen molar-refractivity contribution in [2.24, 2.45) is 0 Å². The molecule has 0 N–H and O–H groups in total. The Morgan fingerprint density at radius 1 is 1.21 bits per heavy atom. The molecule has 0 fully saturated rings. The largest absolute Gasteiger partial charge is 0.297 e. The average Bonchev–Trinajstić information content (AvgIpc) is 2.45. The van der Waals surface area contributed by atoms with Crippen LogP contribution in [0.2, 0.25) is 5.02 Å². The van der Waals surface area contributed by atoms with Gasteiger partial charge in [0.1, 0.15) is 0 Å². The molecule has 0 atom stereocenters. The monoisotopic (exact) mass is 226 g/mol. The Morgan fingerprint density at radius 3 is 2.57 bits per heavy atom. The van der Waals surface area contributed by atoms with Crippen LogP contribution in [-0.4, -0.2) is 21.1 Å². The van der Waals surface area contributed by atoms with Crippen LogP contribution < -0.4 is 4.48 Å². The van der Waals surface area contributed by atoms with Gasteiger partial charge in [-0.25, -0.2) is 0 Å². The maximum absolute atomic E-state index is 6.00. The van der Waals surface area contributed by atoms with E-state index in [-0.39, 0.29) is 0 Å². The highest BCUT2D eigenvalue weighted by Gasteiger charge is 2.17. The highest BCUT2D eigenvalue weighted by molar-refractivity contribution is 7.17. The van der Waals surface area contributed by atoms with Crippen molar-refractivity contribution in [2.75, 3.05) is 21.1 Å². The van der Waals surface area contributed by atoms with Crippen LogP contribution in [-0.2, 0) is 0 Å². The molecule has 0 bridgehead atoms. The van der Waals surface area contributed by atoms with Crippen molar-refractivity contribution in [1.29, 1.82) is 0 Å². The van der Waals surface area contributed by atoms with Crippen molar-refractivity contribution in [2.45, 2.75) is 0 Å². The van der Waals surface area contributed by atoms with Gasteiger partial charge in [-0.3, -0.25) is 4.48 Å². The number of hydrogen-bond acceptors (Lipinski definition) is 1. The third-order valence-electron chi connectivity index (χ3n) is 2.24. The standard InChI is InChI=1S/C11H13ClNS/c1-13(2,3)10-7-14-11-5-4-8(12)6-9(10)11/h4-7H,1-3H3/q+1. The number of fused-ring (bicyclic) bond motifs is 1. The fourth-order valence-corrected chi connectivity index (χ4v) is 2.80. The summed E-state index contributed by atoms with van der Waals surface area (Å²) in [7, 11) is 6.51. The molecule has 0 saturated heterocycles. The molecule has 0 saturated carbocycles. The summed E-state index contributed by atoms with van der Waals surface area (Å²) in [5.41, 5.74) is 1.33. The lowest BCUT2D eigenvalue weighted by Crippen LogP contribution is -2.34. The molecule has 0 aliphatic heterocycles. The summed E-state index contributed by atoms with van der Waals surface area (Å²) >= 11 is 7.77. The lowest BCUT2D eigenvalue weighted by molar-refractivity contribution is 0.491. The molecule has 0 radical (unpaired) electrons. The van der Waals surface area contributed by atoms with E-state index < -0.39 is 0 Å². The number of halogens is 1. The zero-order chi connectivity index (χ0) is 10.3. The first kappa shape index (κ1) is 9.97. The maximum Gasteiger partial charge on any atom is 0.151 e. The summed E-state index contributed by atoms with van der Waals surface area (Å²) in [4.78, 5) is 0. The molecule has 1 nitrogen and oxygen atoms in total. The number of hydrogen-bond donors (Lipinski definition) is 0. The van der Waals surface area contributed by atoms with E-state index in [2.05, 4.69) is 32.6 Å². The van der Waals surface area contributed by atoms with Crippen molar-refractivity contribution in [3.05, 3.63) is 28.6 Å². The van der Waals surface area contributed by atoms with Gasteiger partial charge < -0.3 is 0 Å². The summed E-state index contributed by atoms with van der Waals surface area (Å²) < 4.78 is 2.14. The van der Waals surface area contributed by atoms with Crippen LogP contribution >= 0.6 is 22.9 Å². The minimum Gasteiger partial charge on any atom is -0.297 e. The molecule has 1 aromatic heterocycles. The predicted octanol–water partition coefficient (Wildman–Crippen LogP) is 3.75. The van der Waals surface area contributed by atoms with Crippen LogP contribution in [0.1, 0.15) is 0 Å². The average molecular weight is 227 g/mol. The van der Waals surface area contributed by atoms with E-state index in [1.807, 2.05) is 12.1 Å². The molecular weight excluding hydrogens is 214 g/mol. The van der Waals surface area contributed by atoms with Gasteiger partial charge in [0.15, 0.2) is 5.69 Å². The molecule has 0 aliphatic rings. The fraction of sp³-hybridized carbons (Fsp3) is 0.273. The van der Waals surface area contributed by atoms with Gasteiger partial charge in [-0.1, -0.05) is 11.6 Å². The second kappa shape index (κ2) is 3.23. The van der Waals surface area contributed by atoms with Gasteiger partial charge in [-0.2, -0.15) is 0 Å².